The van der Waals surface area contributed by atoms with E-state index in [-0.39, 0.29) is 11.9 Å². The highest BCUT2D eigenvalue weighted by Crippen LogP contribution is 2.19. The van der Waals surface area contributed by atoms with E-state index in [0.717, 1.165) is 25.9 Å². The summed E-state index contributed by atoms with van der Waals surface area (Å²) in [5.74, 6) is 0.594. The Labute approximate surface area is 115 Å². The van der Waals surface area contributed by atoms with Crippen molar-refractivity contribution in [3.63, 3.8) is 0 Å². The van der Waals surface area contributed by atoms with Gasteiger partial charge in [-0.2, -0.15) is 0 Å². The number of carbonyl (C=O) groups is 1. The number of rotatable bonds is 4. The van der Waals surface area contributed by atoms with E-state index < -0.39 is 5.54 Å². The van der Waals surface area contributed by atoms with Crippen molar-refractivity contribution >= 4 is 11.9 Å². The summed E-state index contributed by atoms with van der Waals surface area (Å²) in [7, 11) is 0. The molecule has 1 fully saturated rings. The van der Waals surface area contributed by atoms with Crippen LogP contribution in [0.5, 0.6) is 0 Å². The molecule has 4 N–H and O–H groups in total. The van der Waals surface area contributed by atoms with E-state index in [0.29, 0.717) is 18.8 Å². The van der Waals surface area contributed by atoms with Crippen molar-refractivity contribution in [3.8, 4) is 0 Å². The Morgan fingerprint density at radius 2 is 2.16 bits per heavy atom. The SMILES string of the molecule is CCC(CC)(NC(=O)N1CCCC(C)C1)C(N)=NO. The summed E-state index contributed by atoms with van der Waals surface area (Å²) >= 11 is 0. The van der Waals surface area contributed by atoms with Crippen LogP contribution < -0.4 is 11.1 Å². The molecule has 1 atom stereocenters. The maximum Gasteiger partial charge on any atom is 0.318 e. The Morgan fingerprint density at radius 3 is 2.63 bits per heavy atom. The fourth-order valence-corrected chi connectivity index (χ4v) is 2.61. The summed E-state index contributed by atoms with van der Waals surface area (Å²) in [6.45, 7) is 7.53. The minimum atomic E-state index is -0.757. The van der Waals surface area contributed by atoms with Gasteiger partial charge < -0.3 is 21.2 Å². The van der Waals surface area contributed by atoms with Gasteiger partial charge in [0.15, 0.2) is 5.84 Å². The fourth-order valence-electron chi connectivity index (χ4n) is 2.61. The predicted molar refractivity (Wildman–Crippen MR) is 75.2 cm³/mol. The molecular formula is C13H26N4O2. The molecule has 0 saturated carbocycles. The van der Waals surface area contributed by atoms with Crippen LogP contribution >= 0.6 is 0 Å². The van der Waals surface area contributed by atoms with Crippen molar-refractivity contribution in [2.75, 3.05) is 13.1 Å². The predicted octanol–water partition coefficient (Wildman–Crippen LogP) is 1.73. The van der Waals surface area contributed by atoms with Gasteiger partial charge in [0.1, 0.15) is 5.54 Å². The molecule has 110 valence electrons. The van der Waals surface area contributed by atoms with Crippen LogP contribution in [-0.4, -0.2) is 40.6 Å². The molecule has 0 aromatic heterocycles. The monoisotopic (exact) mass is 270 g/mol. The summed E-state index contributed by atoms with van der Waals surface area (Å²) in [4.78, 5) is 14.1. The molecule has 6 heteroatoms. The number of nitrogens with one attached hydrogen (secondary N) is 1. The number of likely N-dealkylation sites (tertiary alicyclic amines) is 1. The van der Waals surface area contributed by atoms with Crippen molar-refractivity contribution in [3.05, 3.63) is 0 Å². The summed E-state index contributed by atoms with van der Waals surface area (Å²) in [5, 5.41) is 14.9. The summed E-state index contributed by atoms with van der Waals surface area (Å²) in [6, 6.07) is -0.123. The molecule has 1 rings (SSSR count). The second-order valence-corrected chi connectivity index (χ2v) is 5.40. The zero-order valence-corrected chi connectivity index (χ0v) is 12.1. The third-order valence-corrected chi connectivity index (χ3v) is 4.10. The molecule has 1 aliphatic rings. The van der Waals surface area contributed by atoms with Crippen LogP contribution in [0.1, 0.15) is 46.5 Å². The highest BCUT2D eigenvalue weighted by Gasteiger charge is 2.35. The van der Waals surface area contributed by atoms with E-state index in [4.69, 9.17) is 10.9 Å². The van der Waals surface area contributed by atoms with Gasteiger partial charge in [-0.25, -0.2) is 4.79 Å². The Kier molecular flexibility index (Phi) is 5.44. The van der Waals surface area contributed by atoms with Crippen LogP contribution in [0, 0.1) is 5.92 Å². The maximum absolute atomic E-state index is 12.3. The topological polar surface area (TPSA) is 91.0 Å². The number of oxime groups is 1. The summed E-state index contributed by atoms with van der Waals surface area (Å²) < 4.78 is 0. The van der Waals surface area contributed by atoms with Crippen LogP contribution in [0.4, 0.5) is 4.79 Å². The van der Waals surface area contributed by atoms with Crippen molar-refractivity contribution in [1.82, 2.24) is 10.2 Å². The molecule has 0 aromatic carbocycles. The highest BCUT2D eigenvalue weighted by molar-refractivity contribution is 5.93. The lowest BCUT2D eigenvalue weighted by molar-refractivity contribution is 0.161. The number of nitrogens with two attached hydrogens (primary N) is 1. The number of nitrogens with zero attached hydrogens (tertiary/aromatic N) is 2. The molecule has 19 heavy (non-hydrogen) atoms. The molecule has 0 aliphatic carbocycles. The minimum absolute atomic E-state index is 0.0657. The molecule has 0 radical (unpaired) electrons. The smallest absolute Gasteiger partial charge is 0.318 e. The summed E-state index contributed by atoms with van der Waals surface area (Å²) in [6.07, 6.45) is 3.38. The first-order chi connectivity index (χ1) is 8.99. The zero-order valence-electron chi connectivity index (χ0n) is 12.1. The first-order valence-corrected chi connectivity index (χ1v) is 7.04. The van der Waals surface area contributed by atoms with Gasteiger partial charge in [0, 0.05) is 13.1 Å². The highest BCUT2D eigenvalue weighted by atomic mass is 16.4. The Bertz CT molecular complexity index is 340. The average molecular weight is 270 g/mol. The number of amidine groups is 1. The van der Waals surface area contributed by atoms with E-state index in [9.17, 15) is 4.79 Å². The molecule has 1 unspecified atom stereocenters. The molecule has 1 saturated heterocycles. The molecule has 0 bridgehead atoms. The van der Waals surface area contributed by atoms with E-state index >= 15 is 0 Å². The number of amides is 2. The van der Waals surface area contributed by atoms with E-state index in [1.165, 1.54) is 0 Å². The number of carbonyl (C=O) groups excluding carboxylic acids is 1. The molecule has 0 spiro atoms. The lowest BCUT2D eigenvalue weighted by Crippen LogP contribution is -2.60. The van der Waals surface area contributed by atoms with E-state index in [1.807, 2.05) is 18.7 Å². The van der Waals surface area contributed by atoms with Crippen molar-refractivity contribution in [2.45, 2.75) is 52.0 Å². The fraction of sp³-hybridized carbons (Fsp3) is 0.846. The Balaban J connectivity index is 2.76. The second-order valence-electron chi connectivity index (χ2n) is 5.40. The van der Waals surface area contributed by atoms with Gasteiger partial charge in [0.05, 0.1) is 0 Å². The first-order valence-electron chi connectivity index (χ1n) is 7.04. The molecule has 2 amide bonds. The normalized spacial score (nSPS) is 21.3. The Morgan fingerprint density at radius 1 is 1.53 bits per heavy atom. The van der Waals surface area contributed by atoms with Gasteiger partial charge in [-0.3, -0.25) is 0 Å². The average Bonchev–Trinajstić information content (AvgIpc) is 2.43. The molecule has 0 aromatic rings. The van der Waals surface area contributed by atoms with Gasteiger partial charge in [0.25, 0.3) is 0 Å². The third-order valence-electron chi connectivity index (χ3n) is 4.10. The van der Waals surface area contributed by atoms with Gasteiger partial charge in [-0.05, 0) is 31.6 Å². The summed E-state index contributed by atoms with van der Waals surface area (Å²) in [5.41, 5.74) is 4.99. The molecule has 1 aliphatic heterocycles. The number of hydrogen-bond acceptors (Lipinski definition) is 3. The largest absolute Gasteiger partial charge is 0.409 e. The van der Waals surface area contributed by atoms with Crippen LogP contribution in [0.3, 0.4) is 0 Å². The van der Waals surface area contributed by atoms with Crippen LogP contribution in [0.15, 0.2) is 5.16 Å². The van der Waals surface area contributed by atoms with Crippen molar-refractivity contribution in [2.24, 2.45) is 16.8 Å². The minimum Gasteiger partial charge on any atom is -0.409 e. The zero-order chi connectivity index (χ0) is 14.5. The lowest BCUT2D eigenvalue weighted by atomic mass is 9.91. The van der Waals surface area contributed by atoms with Crippen LogP contribution in [0.25, 0.3) is 0 Å². The standard InChI is InChI=1S/C13H26N4O2/c1-4-13(5-2,11(14)16-19)15-12(18)17-8-6-7-10(3)9-17/h10,19H,4-9H2,1-3H3,(H2,14,16)(H,15,18). The number of hydrogen-bond donors (Lipinski definition) is 3. The van der Waals surface area contributed by atoms with Gasteiger partial charge >= 0.3 is 6.03 Å². The quantitative estimate of drug-likeness (QED) is 0.314. The van der Waals surface area contributed by atoms with Crippen molar-refractivity contribution in [1.29, 1.82) is 0 Å². The third kappa shape index (κ3) is 3.52. The van der Waals surface area contributed by atoms with Crippen LogP contribution in [0.2, 0.25) is 0 Å². The molecule has 1 heterocycles. The van der Waals surface area contributed by atoms with Crippen LogP contribution in [-0.2, 0) is 0 Å². The van der Waals surface area contributed by atoms with Gasteiger partial charge in [-0.15, -0.1) is 0 Å². The molecule has 6 nitrogen and oxygen atoms in total. The second kappa shape index (κ2) is 6.63. The van der Waals surface area contributed by atoms with E-state index in [2.05, 4.69) is 17.4 Å². The van der Waals surface area contributed by atoms with Crippen molar-refractivity contribution < 1.29 is 10.0 Å². The first kappa shape index (κ1) is 15.6. The van der Waals surface area contributed by atoms with E-state index in [1.54, 1.807) is 0 Å². The maximum atomic E-state index is 12.3. The number of piperidine rings is 1. The van der Waals surface area contributed by atoms with Gasteiger partial charge in [-0.1, -0.05) is 25.9 Å². The lowest BCUT2D eigenvalue weighted by Gasteiger charge is -2.37. The molecular weight excluding hydrogens is 244 g/mol. The number of urea groups is 1. The van der Waals surface area contributed by atoms with Gasteiger partial charge in [0.2, 0.25) is 0 Å². The Hall–Kier alpha value is -1.46.